The number of hydrogen-bond donors (Lipinski definition) is 0. The fourth-order valence-electron chi connectivity index (χ4n) is 1.43. The number of unbranched alkanes of at least 4 members (excludes halogenated alkanes) is 1. The molecular formula is C12H34O2Si2Sn2. The van der Waals surface area contributed by atoms with Crippen molar-refractivity contribution in [3.8, 4) is 0 Å². The molecule has 0 saturated carbocycles. The van der Waals surface area contributed by atoms with E-state index in [0.717, 1.165) is 0 Å². The van der Waals surface area contributed by atoms with E-state index in [9.17, 15) is 0 Å². The molecule has 4 radical (unpaired) electrons. The summed E-state index contributed by atoms with van der Waals surface area (Å²) in [5.74, 6) is 0. The molecule has 0 atom stereocenters. The molecule has 0 spiro atoms. The Kier molecular flexibility index (Phi) is 17.6. The monoisotopic (exact) mass is 506 g/mol. The normalized spacial score (nSPS) is 11.7. The summed E-state index contributed by atoms with van der Waals surface area (Å²) in [6.45, 7) is 15.2. The Morgan fingerprint density at radius 2 is 0.889 bits per heavy atom. The minimum absolute atomic E-state index is 0. The summed E-state index contributed by atoms with van der Waals surface area (Å²) in [5.41, 5.74) is 0. The summed E-state index contributed by atoms with van der Waals surface area (Å²) in [4.78, 5) is 0. The molecule has 0 aliphatic heterocycles. The predicted molar refractivity (Wildman–Crippen MR) is 93.9 cm³/mol. The third-order valence-corrected chi connectivity index (χ3v) is 31.4. The zero-order chi connectivity index (χ0) is 12.7. The van der Waals surface area contributed by atoms with E-state index >= 15 is 0 Å². The maximum atomic E-state index is 2.54. The Labute approximate surface area is 137 Å². The van der Waals surface area contributed by atoms with Crippen LogP contribution in [0, 0.1) is 0 Å². The topological polar surface area (TPSA) is 63.0 Å². The van der Waals surface area contributed by atoms with Gasteiger partial charge in [0.25, 0.3) is 0 Å². The smallest absolute Gasteiger partial charge is 0.412 e. The van der Waals surface area contributed by atoms with Crippen molar-refractivity contribution in [1.29, 1.82) is 0 Å². The van der Waals surface area contributed by atoms with Crippen molar-refractivity contribution in [2.75, 3.05) is 0 Å². The van der Waals surface area contributed by atoms with Crippen molar-refractivity contribution in [3.63, 3.8) is 0 Å². The summed E-state index contributed by atoms with van der Waals surface area (Å²) >= 11 is 0.144. The van der Waals surface area contributed by atoms with E-state index < -0.39 is 16.1 Å². The molecule has 0 aliphatic carbocycles. The van der Waals surface area contributed by atoms with Crippen LogP contribution in [0.25, 0.3) is 0 Å². The summed E-state index contributed by atoms with van der Waals surface area (Å²) in [6.07, 6.45) is 3.20. The van der Waals surface area contributed by atoms with Crippen molar-refractivity contribution in [1.82, 2.24) is 0 Å². The van der Waals surface area contributed by atoms with Gasteiger partial charge in [-0.05, 0) is 0 Å². The van der Waals surface area contributed by atoms with Crippen molar-refractivity contribution < 1.29 is 11.0 Å². The summed E-state index contributed by atoms with van der Waals surface area (Å²) in [7, 11) is -1.33. The Morgan fingerprint density at radius 3 is 1.11 bits per heavy atom. The van der Waals surface area contributed by atoms with Crippen LogP contribution in [-0.4, -0.2) is 69.4 Å². The van der Waals surface area contributed by atoms with Gasteiger partial charge >= 0.3 is 128 Å². The second kappa shape index (κ2) is 12.7. The minimum Gasteiger partial charge on any atom is -0.412 e. The Bertz CT molecular complexity index is 160. The average molecular weight is 504 g/mol. The molecule has 0 saturated heterocycles. The largest absolute Gasteiger partial charge is 0.412 e. The molecule has 0 bridgehead atoms. The van der Waals surface area contributed by atoms with Crippen molar-refractivity contribution in [2.24, 2.45) is 0 Å². The van der Waals surface area contributed by atoms with E-state index in [1.165, 1.54) is 0 Å². The van der Waals surface area contributed by atoms with Gasteiger partial charge in [0, 0.05) is 0 Å². The average Bonchev–Trinajstić information content (AvgIpc) is 2.06. The molecule has 0 unspecified atom stereocenters. The Morgan fingerprint density at radius 1 is 0.611 bits per heavy atom. The first-order chi connectivity index (χ1) is 7.21. The van der Waals surface area contributed by atoms with Gasteiger partial charge < -0.3 is 11.0 Å². The molecular weight excluding hydrogens is 470 g/mol. The van der Waals surface area contributed by atoms with Crippen molar-refractivity contribution in [2.45, 2.75) is 69.1 Å². The zero-order valence-corrected chi connectivity index (χ0v) is 21.0. The summed E-state index contributed by atoms with van der Waals surface area (Å²) in [5, 5.41) is 0. The van der Waals surface area contributed by atoms with Crippen LogP contribution >= 0.6 is 0 Å². The first-order valence-corrected chi connectivity index (χ1v) is 22.1. The number of rotatable bonds is 9. The second-order valence-corrected chi connectivity index (χ2v) is 29.9. The van der Waals surface area contributed by atoms with Gasteiger partial charge in [0.2, 0.25) is 0 Å². The van der Waals surface area contributed by atoms with Crippen molar-refractivity contribution >= 4 is 58.4 Å². The fourth-order valence-corrected chi connectivity index (χ4v) is 22.0. The molecule has 0 aliphatic rings. The van der Waals surface area contributed by atoms with E-state index in [1.54, 1.807) is 29.8 Å². The van der Waals surface area contributed by atoms with Crippen LogP contribution in [0.15, 0.2) is 0 Å². The third kappa shape index (κ3) is 23.1. The molecule has 0 aromatic rings. The van der Waals surface area contributed by atoms with Gasteiger partial charge in [0.15, 0.2) is 0 Å². The molecule has 6 heteroatoms. The van der Waals surface area contributed by atoms with Gasteiger partial charge in [0.05, 0.1) is 0 Å². The first kappa shape index (κ1) is 24.9. The summed E-state index contributed by atoms with van der Waals surface area (Å²) in [6, 6.07) is 0. The van der Waals surface area contributed by atoms with E-state index in [1.807, 2.05) is 0 Å². The maximum absolute atomic E-state index is 2.54. The van der Waals surface area contributed by atoms with Crippen LogP contribution in [0.3, 0.4) is 0 Å². The molecule has 2 nitrogen and oxygen atoms in total. The molecule has 0 aromatic heterocycles. The summed E-state index contributed by atoms with van der Waals surface area (Å²) < 4.78 is 6.79. The quantitative estimate of drug-likeness (QED) is 0.343. The Balaban J connectivity index is -0.00000112. The van der Waals surface area contributed by atoms with E-state index in [-0.39, 0.29) is 53.2 Å². The molecule has 110 valence electrons. The molecule has 0 heterocycles. The van der Waals surface area contributed by atoms with Crippen LogP contribution in [0.2, 0.25) is 56.3 Å². The van der Waals surface area contributed by atoms with Gasteiger partial charge in [-0.25, -0.2) is 0 Å². The molecule has 4 N–H and O–H groups in total. The van der Waals surface area contributed by atoms with E-state index in [2.05, 4.69) is 39.3 Å². The molecule has 0 rings (SSSR count). The molecule has 18 heavy (non-hydrogen) atoms. The fraction of sp³-hybridized carbons (Fsp3) is 1.00. The van der Waals surface area contributed by atoms with E-state index in [0.29, 0.717) is 0 Å². The SMILES string of the molecule is C[Si](C)(C)[CH2][Sn][CH2]CC[CH2][Sn][CH2][Si](C)(C)C.O.O. The zero-order valence-electron chi connectivity index (χ0n) is 13.2. The van der Waals surface area contributed by atoms with Crippen LogP contribution in [0.1, 0.15) is 12.8 Å². The minimum atomic E-state index is -0.666. The van der Waals surface area contributed by atoms with Crippen LogP contribution < -0.4 is 0 Å². The molecule has 0 aromatic carbocycles. The van der Waals surface area contributed by atoms with Gasteiger partial charge in [-0.1, -0.05) is 0 Å². The molecule has 0 fully saturated rings. The molecule has 0 amide bonds. The standard InChI is InChI=1S/2C4H11Si.C4H8.2H2O.2Sn/c2*1-5(2,3)4;1-3-4-2;;;;/h2*1H2,2-4H3;1-4H2;2*1H2;;. The number of hydrogen-bond acceptors (Lipinski definition) is 0. The van der Waals surface area contributed by atoms with E-state index in [4.69, 9.17) is 0 Å². The first-order valence-electron chi connectivity index (χ1n) is 6.62. The van der Waals surface area contributed by atoms with Gasteiger partial charge in [-0.2, -0.15) is 0 Å². The van der Waals surface area contributed by atoms with Gasteiger partial charge in [-0.15, -0.1) is 0 Å². The van der Waals surface area contributed by atoms with Crippen LogP contribution in [0.4, 0.5) is 0 Å². The van der Waals surface area contributed by atoms with Gasteiger partial charge in [-0.3, -0.25) is 0 Å². The van der Waals surface area contributed by atoms with Crippen LogP contribution in [-0.2, 0) is 0 Å². The maximum Gasteiger partial charge on any atom is -0.412 e. The van der Waals surface area contributed by atoms with Crippen molar-refractivity contribution in [3.05, 3.63) is 0 Å². The second-order valence-electron chi connectivity index (χ2n) is 7.18. The Hall–Kier alpha value is 1.95. The third-order valence-electron chi connectivity index (χ3n) is 2.27. The van der Waals surface area contributed by atoms with Crippen LogP contribution in [0.5, 0.6) is 0 Å². The predicted octanol–water partition coefficient (Wildman–Crippen LogP) is 2.95. The van der Waals surface area contributed by atoms with Gasteiger partial charge in [0.1, 0.15) is 0 Å².